The van der Waals surface area contributed by atoms with Crippen LogP contribution in [0.5, 0.6) is 0 Å². The van der Waals surface area contributed by atoms with E-state index in [1.807, 2.05) is 6.08 Å². The second kappa shape index (κ2) is 11.2. The van der Waals surface area contributed by atoms with Gasteiger partial charge in [-0.25, -0.2) is 8.78 Å². The molecule has 2 rings (SSSR count). The number of carbonyl (C=O) groups excluding carboxylic acids is 2. The quantitative estimate of drug-likeness (QED) is 0.408. The van der Waals surface area contributed by atoms with Gasteiger partial charge in [-0.1, -0.05) is 25.3 Å². The van der Waals surface area contributed by atoms with Gasteiger partial charge in [0.25, 0.3) is 0 Å². The minimum atomic E-state index is -0.956. The summed E-state index contributed by atoms with van der Waals surface area (Å²) in [6.07, 6.45) is 14.5. The average molecular weight is 388 g/mol. The highest BCUT2D eigenvalue weighted by Gasteiger charge is 2.21. The minimum Gasteiger partial charge on any atom is -0.353 e. The monoisotopic (exact) mass is 388 g/mol. The Balaban J connectivity index is 2.03. The lowest BCUT2D eigenvalue weighted by Gasteiger charge is -2.19. The van der Waals surface area contributed by atoms with Crippen LogP contribution < -0.4 is 10.6 Å². The molecule has 2 amide bonds. The molecule has 150 valence electrons. The van der Waals surface area contributed by atoms with Gasteiger partial charge in [-0.15, -0.1) is 12.3 Å². The van der Waals surface area contributed by atoms with Crippen LogP contribution in [0.25, 0.3) is 0 Å². The molecule has 0 aliphatic heterocycles. The van der Waals surface area contributed by atoms with Gasteiger partial charge in [0.05, 0.1) is 0 Å². The average Bonchev–Trinajstić information content (AvgIpc) is 2.66. The van der Waals surface area contributed by atoms with E-state index >= 15 is 0 Å². The van der Waals surface area contributed by atoms with E-state index in [-0.39, 0.29) is 18.5 Å². The predicted molar refractivity (Wildman–Crippen MR) is 104 cm³/mol. The van der Waals surface area contributed by atoms with Gasteiger partial charge in [0.15, 0.2) is 0 Å². The van der Waals surface area contributed by atoms with E-state index in [1.54, 1.807) is 0 Å². The van der Waals surface area contributed by atoms with Crippen molar-refractivity contribution < 1.29 is 18.4 Å². The van der Waals surface area contributed by atoms with Gasteiger partial charge in [0.1, 0.15) is 17.7 Å². The number of benzene rings is 1. The SMILES string of the molecule is C#CCCNC(=O)C(Cc1cc(F)cc(F)c1)NC(=O)/C=C/C1CCCCC1. The van der Waals surface area contributed by atoms with Crippen molar-refractivity contribution in [3.63, 3.8) is 0 Å². The molecule has 0 bridgehead atoms. The summed E-state index contributed by atoms with van der Waals surface area (Å²) in [6.45, 7) is 0.261. The summed E-state index contributed by atoms with van der Waals surface area (Å²) in [5, 5.41) is 5.27. The molecule has 0 heterocycles. The van der Waals surface area contributed by atoms with Crippen molar-refractivity contribution in [2.24, 2.45) is 5.92 Å². The summed E-state index contributed by atoms with van der Waals surface area (Å²) in [7, 11) is 0. The molecule has 1 atom stereocenters. The van der Waals surface area contributed by atoms with Gasteiger partial charge in [-0.05, 0) is 42.5 Å². The van der Waals surface area contributed by atoms with Gasteiger partial charge in [0, 0.05) is 25.5 Å². The maximum absolute atomic E-state index is 13.5. The molecule has 1 unspecified atom stereocenters. The summed E-state index contributed by atoms with van der Waals surface area (Å²) in [4.78, 5) is 24.7. The highest BCUT2D eigenvalue weighted by atomic mass is 19.1. The van der Waals surface area contributed by atoms with Crippen LogP contribution in [0.4, 0.5) is 8.78 Å². The Kier molecular flexibility index (Phi) is 8.67. The molecule has 0 radical (unpaired) electrons. The number of terminal acetylenes is 1. The Morgan fingerprint density at radius 3 is 2.50 bits per heavy atom. The van der Waals surface area contributed by atoms with E-state index < -0.39 is 29.5 Å². The summed E-state index contributed by atoms with van der Waals surface area (Å²) in [5.41, 5.74) is 0.283. The number of amides is 2. The second-order valence-electron chi connectivity index (χ2n) is 7.05. The van der Waals surface area contributed by atoms with Crippen molar-refractivity contribution >= 4 is 11.8 Å². The zero-order chi connectivity index (χ0) is 20.4. The van der Waals surface area contributed by atoms with Crippen molar-refractivity contribution in [2.45, 2.75) is 51.0 Å². The Labute approximate surface area is 164 Å². The van der Waals surface area contributed by atoms with Crippen LogP contribution >= 0.6 is 0 Å². The number of nitrogens with one attached hydrogen (secondary N) is 2. The lowest BCUT2D eigenvalue weighted by molar-refractivity contribution is -0.127. The molecule has 0 aromatic heterocycles. The molecule has 0 spiro atoms. The summed E-state index contributed by atoms with van der Waals surface area (Å²) >= 11 is 0. The van der Waals surface area contributed by atoms with Crippen LogP contribution in [0.3, 0.4) is 0 Å². The topological polar surface area (TPSA) is 58.2 Å². The molecular formula is C22H26F2N2O2. The van der Waals surface area contributed by atoms with Crippen molar-refractivity contribution in [3.05, 3.63) is 47.5 Å². The van der Waals surface area contributed by atoms with Gasteiger partial charge >= 0.3 is 0 Å². The lowest BCUT2D eigenvalue weighted by atomic mass is 9.89. The molecule has 28 heavy (non-hydrogen) atoms. The van der Waals surface area contributed by atoms with E-state index in [4.69, 9.17) is 6.42 Å². The largest absolute Gasteiger partial charge is 0.353 e. The molecule has 1 aromatic rings. The molecular weight excluding hydrogens is 362 g/mol. The standard InChI is InChI=1S/C22H26F2N2O2/c1-2-3-11-25-22(28)20(14-17-12-18(23)15-19(24)13-17)26-21(27)10-9-16-7-5-4-6-8-16/h1,9-10,12-13,15-16,20H,3-8,11,14H2,(H,25,28)(H,26,27)/b10-9+. The summed E-state index contributed by atoms with van der Waals surface area (Å²) in [5.74, 6) is 0.475. The van der Waals surface area contributed by atoms with Gasteiger partial charge < -0.3 is 10.6 Å². The predicted octanol–water partition coefficient (Wildman–Crippen LogP) is 3.27. The fourth-order valence-corrected chi connectivity index (χ4v) is 3.32. The van der Waals surface area contributed by atoms with Crippen LogP contribution in [0.2, 0.25) is 0 Å². The number of rotatable bonds is 8. The number of halogens is 2. The smallest absolute Gasteiger partial charge is 0.244 e. The van der Waals surface area contributed by atoms with Crippen LogP contribution in [0.1, 0.15) is 44.1 Å². The van der Waals surface area contributed by atoms with Crippen molar-refractivity contribution in [1.29, 1.82) is 0 Å². The van der Waals surface area contributed by atoms with E-state index in [1.165, 1.54) is 12.5 Å². The first-order valence-electron chi connectivity index (χ1n) is 9.63. The van der Waals surface area contributed by atoms with Crippen LogP contribution in [-0.2, 0) is 16.0 Å². The zero-order valence-corrected chi connectivity index (χ0v) is 15.8. The lowest BCUT2D eigenvalue weighted by Crippen LogP contribution is -2.47. The summed E-state index contributed by atoms with van der Waals surface area (Å²) in [6, 6.07) is 2.10. The van der Waals surface area contributed by atoms with Crippen molar-refractivity contribution in [2.75, 3.05) is 6.54 Å². The van der Waals surface area contributed by atoms with Gasteiger partial charge in [-0.3, -0.25) is 9.59 Å². The van der Waals surface area contributed by atoms with Crippen LogP contribution in [0, 0.1) is 29.9 Å². The Bertz CT molecular complexity index is 729. The van der Waals surface area contributed by atoms with E-state index in [0.717, 1.165) is 43.9 Å². The molecule has 1 aliphatic carbocycles. The van der Waals surface area contributed by atoms with E-state index in [2.05, 4.69) is 16.6 Å². The molecule has 1 saturated carbocycles. The van der Waals surface area contributed by atoms with Crippen LogP contribution in [0.15, 0.2) is 30.4 Å². The van der Waals surface area contributed by atoms with Gasteiger partial charge in [0.2, 0.25) is 11.8 Å². The molecule has 1 aliphatic rings. The Morgan fingerprint density at radius 1 is 1.18 bits per heavy atom. The third-order valence-corrected chi connectivity index (χ3v) is 4.73. The number of carbonyl (C=O) groups is 2. The normalized spacial score (nSPS) is 15.8. The summed E-state index contributed by atoms with van der Waals surface area (Å²) < 4.78 is 26.9. The first-order valence-corrected chi connectivity index (χ1v) is 9.63. The molecule has 4 nitrogen and oxygen atoms in total. The first-order chi connectivity index (χ1) is 13.5. The van der Waals surface area contributed by atoms with Crippen LogP contribution in [-0.4, -0.2) is 24.4 Å². The highest BCUT2D eigenvalue weighted by Crippen LogP contribution is 2.24. The fraction of sp³-hybridized carbons (Fsp3) is 0.455. The number of allylic oxidation sites excluding steroid dienone is 1. The number of hydrogen-bond acceptors (Lipinski definition) is 2. The molecule has 2 N–H and O–H groups in total. The maximum Gasteiger partial charge on any atom is 0.244 e. The van der Waals surface area contributed by atoms with Crippen molar-refractivity contribution in [3.8, 4) is 12.3 Å². The minimum absolute atomic E-state index is 0.0282. The highest BCUT2D eigenvalue weighted by molar-refractivity contribution is 5.93. The van der Waals surface area contributed by atoms with Crippen molar-refractivity contribution in [1.82, 2.24) is 10.6 Å². The Morgan fingerprint density at radius 2 is 1.86 bits per heavy atom. The molecule has 6 heteroatoms. The zero-order valence-electron chi connectivity index (χ0n) is 15.8. The third-order valence-electron chi connectivity index (χ3n) is 4.73. The Hall–Kier alpha value is -2.68. The first kappa shape index (κ1) is 21.6. The second-order valence-corrected chi connectivity index (χ2v) is 7.05. The van der Waals surface area contributed by atoms with E-state index in [0.29, 0.717) is 12.3 Å². The number of hydrogen-bond donors (Lipinski definition) is 2. The van der Waals surface area contributed by atoms with E-state index in [9.17, 15) is 18.4 Å². The maximum atomic E-state index is 13.5. The third kappa shape index (κ3) is 7.51. The van der Waals surface area contributed by atoms with Gasteiger partial charge in [-0.2, -0.15) is 0 Å². The molecule has 1 aromatic carbocycles. The molecule has 0 saturated heterocycles. The fourth-order valence-electron chi connectivity index (χ4n) is 3.32. The molecule has 1 fully saturated rings.